The number of aryl methyl sites for hydroxylation is 1. The number of carbonyl (C=O) groups is 2. The van der Waals surface area contributed by atoms with Crippen molar-refractivity contribution in [2.45, 2.75) is 19.3 Å². The third-order valence-electron chi connectivity index (χ3n) is 5.72. The van der Waals surface area contributed by atoms with E-state index in [4.69, 9.17) is 9.26 Å². The molecule has 1 N–H and O–H groups in total. The van der Waals surface area contributed by atoms with Gasteiger partial charge in [-0.1, -0.05) is 54.6 Å². The van der Waals surface area contributed by atoms with Crippen LogP contribution in [0.3, 0.4) is 0 Å². The zero-order valence-corrected chi connectivity index (χ0v) is 18.1. The van der Waals surface area contributed by atoms with E-state index >= 15 is 0 Å². The average molecular weight is 434 g/mol. The number of hydrogen-bond acceptors (Lipinski definition) is 5. The molecule has 0 saturated carbocycles. The lowest BCUT2D eigenvalue weighted by Crippen LogP contribution is -2.37. The van der Waals surface area contributed by atoms with Gasteiger partial charge in [-0.15, -0.1) is 0 Å². The molecule has 1 aromatic heterocycles. The molecule has 2 amide bonds. The summed E-state index contributed by atoms with van der Waals surface area (Å²) in [5.41, 5.74) is 3.38. The van der Waals surface area contributed by atoms with Gasteiger partial charge >= 0.3 is 0 Å². The smallest absolute Gasteiger partial charge is 0.254 e. The van der Waals surface area contributed by atoms with Crippen LogP contribution < -0.4 is 10.1 Å². The molecular formula is C25H27N3O4. The van der Waals surface area contributed by atoms with Gasteiger partial charge in [0.15, 0.2) is 0 Å². The maximum atomic E-state index is 12.8. The third-order valence-corrected chi connectivity index (χ3v) is 5.72. The highest BCUT2D eigenvalue weighted by Crippen LogP contribution is 2.21. The van der Waals surface area contributed by atoms with Crippen molar-refractivity contribution < 1.29 is 18.8 Å². The summed E-state index contributed by atoms with van der Waals surface area (Å²) in [4.78, 5) is 27.2. The molecule has 2 aromatic carbocycles. The Kier molecular flexibility index (Phi) is 6.84. The summed E-state index contributed by atoms with van der Waals surface area (Å²) < 4.78 is 10.2. The monoisotopic (exact) mass is 433 g/mol. The summed E-state index contributed by atoms with van der Waals surface area (Å²) in [5.74, 6) is 0.716. The summed E-state index contributed by atoms with van der Waals surface area (Å²) in [5, 5.41) is 6.70. The standard InChI is InChI=1S/C25H27N3O4/c1-31-23-16-22(32-27-23)11-12-24(29)28-14-13-26-25(30)21(17-28)15-18-7-9-20(10-8-18)19-5-3-2-4-6-19/h2-10,16,21H,11-15,17H2,1H3,(H,26,30)/t21-/m1/s1. The normalized spacial score (nSPS) is 16.3. The van der Waals surface area contributed by atoms with Gasteiger partial charge in [-0.05, 0) is 28.3 Å². The predicted molar refractivity (Wildman–Crippen MR) is 120 cm³/mol. The molecule has 1 aliphatic rings. The predicted octanol–water partition coefficient (Wildman–Crippen LogP) is 3.10. The van der Waals surface area contributed by atoms with Crippen molar-refractivity contribution in [1.82, 2.24) is 15.4 Å². The van der Waals surface area contributed by atoms with E-state index in [1.54, 1.807) is 11.0 Å². The van der Waals surface area contributed by atoms with E-state index in [2.05, 4.69) is 46.9 Å². The highest BCUT2D eigenvalue weighted by atomic mass is 16.5. The minimum atomic E-state index is -0.283. The number of methoxy groups -OCH3 is 1. The molecule has 1 atom stereocenters. The summed E-state index contributed by atoms with van der Waals surface area (Å²) in [6.45, 7) is 1.38. The maximum absolute atomic E-state index is 12.8. The Morgan fingerprint density at radius 2 is 1.91 bits per heavy atom. The molecule has 32 heavy (non-hydrogen) atoms. The van der Waals surface area contributed by atoms with Gasteiger partial charge in [0.25, 0.3) is 5.88 Å². The molecule has 7 heteroatoms. The highest BCUT2D eigenvalue weighted by molar-refractivity contribution is 5.82. The maximum Gasteiger partial charge on any atom is 0.254 e. The summed E-state index contributed by atoms with van der Waals surface area (Å²) in [6, 6.07) is 20.1. The van der Waals surface area contributed by atoms with Crippen molar-refractivity contribution >= 4 is 11.8 Å². The molecule has 1 saturated heterocycles. The average Bonchev–Trinajstić information content (AvgIpc) is 3.22. The third kappa shape index (κ3) is 5.35. The summed E-state index contributed by atoms with van der Waals surface area (Å²) in [6.07, 6.45) is 1.33. The molecule has 4 rings (SSSR count). The van der Waals surface area contributed by atoms with E-state index in [-0.39, 0.29) is 17.7 Å². The molecule has 0 radical (unpaired) electrons. The number of ether oxygens (including phenoxy) is 1. The minimum absolute atomic E-state index is 0.00120. The van der Waals surface area contributed by atoms with Crippen LogP contribution in [0.5, 0.6) is 5.88 Å². The minimum Gasteiger partial charge on any atom is -0.479 e. The Morgan fingerprint density at radius 3 is 2.62 bits per heavy atom. The largest absolute Gasteiger partial charge is 0.479 e. The van der Waals surface area contributed by atoms with Crippen LogP contribution in [-0.2, 0) is 22.4 Å². The second-order valence-electron chi connectivity index (χ2n) is 7.93. The van der Waals surface area contributed by atoms with Crippen molar-refractivity contribution in [3.8, 4) is 17.0 Å². The quantitative estimate of drug-likeness (QED) is 0.619. The number of amides is 2. The Morgan fingerprint density at radius 1 is 1.16 bits per heavy atom. The van der Waals surface area contributed by atoms with E-state index in [0.29, 0.717) is 50.5 Å². The molecule has 7 nitrogen and oxygen atoms in total. The number of carbonyl (C=O) groups excluding carboxylic acids is 2. The molecule has 1 fully saturated rings. The van der Waals surface area contributed by atoms with Crippen molar-refractivity contribution in [3.63, 3.8) is 0 Å². The van der Waals surface area contributed by atoms with Crippen LogP contribution in [0.4, 0.5) is 0 Å². The Labute approximate surface area is 187 Å². The lowest BCUT2D eigenvalue weighted by Gasteiger charge is -2.23. The Hall–Kier alpha value is -3.61. The number of rotatable bonds is 7. The summed E-state index contributed by atoms with van der Waals surface area (Å²) in [7, 11) is 1.52. The van der Waals surface area contributed by atoms with Crippen molar-refractivity contribution in [2.24, 2.45) is 5.92 Å². The molecule has 0 aliphatic carbocycles. The van der Waals surface area contributed by atoms with Crippen LogP contribution in [-0.4, -0.2) is 48.6 Å². The second-order valence-corrected chi connectivity index (χ2v) is 7.93. The summed E-state index contributed by atoms with van der Waals surface area (Å²) >= 11 is 0. The first kappa shape index (κ1) is 21.6. The number of hydrogen-bond donors (Lipinski definition) is 1. The Bertz CT molecular complexity index is 1050. The molecule has 166 valence electrons. The highest BCUT2D eigenvalue weighted by Gasteiger charge is 2.27. The van der Waals surface area contributed by atoms with Gasteiger partial charge in [0, 0.05) is 38.5 Å². The lowest BCUT2D eigenvalue weighted by molar-refractivity contribution is -0.132. The zero-order valence-electron chi connectivity index (χ0n) is 18.1. The van der Waals surface area contributed by atoms with Gasteiger partial charge in [0.2, 0.25) is 11.8 Å². The molecule has 2 heterocycles. The van der Waals surface area contributed by atoms with Crippen LogP contribution in [0.15, 0.2) is 65.2 Å². The van der Waals surface area contributed by atoms with Crippen molar-refractivity contribution in [2.75, 3.05) is 26.7 Å². The molecule has 1 aliphatic heterocycles. The van der Waals surface area contributed by atoms with E-state index < -0.39 is 0 Å². The van der Waals surface area contributed by atoms with Gasteiger partial charge in [-0.2, -0.15) is 0 Å². The molecule has 0 bridgehead atoms. The fourth-order valence-corrected chi connectivity index (χ4v) is 3.93. The van der Waals surface area contributed by atoms with Crippen LogP contribution in [0.2, 0.25) is 0 Å². The van der Waals surface area contributed by atoms with Gasteiger partial charge in [0.1, 0.15) is 5.76 Å². The van der Waals surface area contributed by atoms with E-state index in [9.17, 15) is 9.59 Å². The fraction of sp³-hybridized carbons (Fsp3) is 0.320. The van der Waals surface area contributed by atoms with Gasteiger partial charge in [-0.25, -0.2) is 0 Å². The van der Waals surface area contributed by atoms with Crippen LogP contribution in [0.1, 0.15) is 17.7 Å². The molecule has 0 unspecified atom stereocenters. The fourth-order valence-electron chi connectivity index (χ4n) is 3.93. The first-order chi connectivity index (χ1) is 15.6. The number of aromatic nitrogens is 1. The first-order valence-electron chi connectivity index (χ1n) is 10.8. The van der Waals surface area contributed by atoms with E-state index in [0.717, 1.165) is 16.7 Å². The van der Waals surface area contributed by atoms with Crippen molar-refractivity contribution in [1.29, 1.82) is 0 Å². The molecule has 3 aromatic rings. The lowest BCUT2D eigenvalue weighted by atomic mass is 9.96. The number of nitrogens with zero attached hydrogens (tertiary/aromatic N) is 2. The molecule has 0 spiro atoms. The van der Waals surface area contributed by atoms with Crippen molar-refractivity contribution in [3.05, 3.63) is 72.0 Å². The van der Waals surface area contributed by atoms with E-state index in [1.165, 1.54) is 7.11 Å². The van der Waals surface area contributed by atoms with E-state index in [1.807, 2.05) is 18.2 Å². The SMILES string of the molecule is COc1cc(CCC(=O)N2CCNC(=O)[C@H](Cc3ccc(-c4ccccc4)cc3)C2)on1. The first-order valence-corrected chi connectivity index (χ1v) is 10.8. The van der Waals surface area contributed by atoms with Crippen LogP contribution in [0, 0.1) is 5.92 Å². The topological polar surface area (TPSA) is 84.7 Å². The van der Waals surface area contributed by atoms with Gasteiger partial charge in [-0.3, -0.25) is 9.59 Å². The Balaban J connectivity index is 1.37. The second kappa shape index (κ2) is 10.1. The zero-order chi connectivity index (χ0) is 22.3. The number of benzene rings is 2. The van der Waals surface area contributed by atoms with Gasteiger partial charge in [0.05, 0.1) is 13.0 Å². The molecular weight excluding hydrogens is 406 g/mol. The number of nitrogens with one attached hydrogen (secondary N) is 1. The van der Waals surface area contributed by atoms with Crippen LogP contribution in [0.25, 0.3) is 11.1 Å². The van der Waals surface area contributed by atoms with Crippen LogP contribution >= 0.6 is 0 Å². The van der Waals surface area contributed by atoms with Gasteiger partial charge < -0.3 is 19.5 Å².